The van der Waals surface area contributed by atoms with Gasteiger partial charge in [-0.25, -0.2) is 0 Å². The van der Waals surface area contributed by atoms with Gasteiger partial charge in [-0.15, -0.1) is 0 Å². The molecule has 0 saturated heterocycles. The molecule has 2 N–H and O–H groups in total. The molecular weight excluding hydrogens is 294 g/mol. The zero-order valence-corrected chi connectivity index (χ0v) is 12.5. The normalized spacial score (nSPS) is 9.57. The molecule has 2 rings (SSSR count). The van der Waals surface area contributed by atoms with Crippen molar-refractivity contribution >= 4 is 17.5 Å². The number of methoxy groups -OCH3 is 1. The highest BCUT2D eigenvalue weighted by Gasteiger charge is 2.09. The number of anilines is 1. The number of carbonyl (C=O) groups is 2. The maximum atomic E-state index is 12.0. The Morgan fingerprint density at radius 2 is 1.96 bits per heavy atom. The lowest BCUT2D eigenvalue weighted by atomic mass is 10.2. The summed E-state index contributed by atoms with van der Waals surface area (Å²) in [5, 5.41) is 14.0. The predicted molar refractivity (Wildman–Crippen MR) is 85.1 cm³/mol. The number of ether oxygens (including phenoxy) is 1. The van der Waals surface area contributed by atoms with Crippen LogP contribution in [0.4, 0.5) is 5.69 Å². The van der Waals surface area contributed by atoms with Crippen LogP contribution in [0.2, 0.25) is 0 Å². The van der Waals surface area contributed by atoms with Crippen molar-refractivity contribution in [2.45, 2.75) is 0 Å². The van der Waals surface area contributed by atoms with Crippen molar-refractivity contribution < 1.29 is 14.3 Å². The number of hydrogen-bond donors (Lipinski definition) is 2. The molecule has 0 heterocycles. The largest absolute Gasteiger partial charge is 0.497 e. The van der Waals surface area contributed by atoms with Gasteiger partial charge >= 0.3 is 0 Å². The summed E-state index contributed by atoms with van der Waals surface area (Å²) in [6.07, 6.45) is 0. The van der Waals surface area contributed by atoms with Crippen molar-refractivity contribution in [2.24, 2.45) is 0 Å². The molecule has 0 saturated carbocycles. The van der Waals surface area contributed by atoms with Crippen molar-refractivity contribution in [3.63, 3.8) is 0 Å². The van der Waals surface area contributed by atoms with Crippen molar-refractivity contribution in [2.75, 3.05) is 19.0 Å². The number of benzene rings is 2. The van der Waals surface area contributed by atoms with Crippen LogP contribution in [0.3, 0.4) is 0 Å². The fraction of sp³-hybridized carbons (Fsp3) is 0.118. The van der Waals surface area contributed by atoms with Gasteiger partial charge in [0, 0.05) is 11.3 Å². The van der Waals surface area contributed by atoms with E-state index < -0.39 is 0 Å². The minimum atomic E-state index is -0.378. The number of hydrogen-bond acceptors (Lipinski definition) is 4. The molecule has 116 valence electrons. The average molecular weight is 309 g/mol. The topological polar surface area (TPSA) is 91.2 Å². The van der Waals surface area contributed by atoms with Gasteiger partial charge in [-0.1, -0.05) is 12.1 Å². The van der Waals surface area contributed by atoms with Crippen LogP contribution in [0.25, 0.3) is 0 Å². The van der Waals surface area contributed by atoms with Crippen LogP contribution in [-0.2, 0) is 4.79 Å². The molecule has 0 aliphatic carbocycles. The first kappa shape index (κ1) is 16.0. The van der Waals surface area contributed by atoms with Gasteiger partial charge in [0.25, 0.3) is 5.91 Å². The molecule has 2 amide bonds. The molecular formula is C17H15N3O3. The van der Waals surface area contributed by atoms with Gasteiger partial charge in [0.1, 0.15) is 5.75 Å². The van der Waals surface area contributed by atoms with E-state index in [9.17, 15) is 9.59 Å². The van der Waals surface area contributed by atoms with Gasteiger partial charge in [0.15, 0.2) is 0 Å². The number of carbonyl (C=O) groups excluding carboxylic acids is 2. The van der Waals surface area contributed by atoms with E-state index in [1.807, 2.05) is 6.07 Å². The van der Waals surface area contributed by atoms with E-state index in [1.165, 1.54) is 7.11 Å². The zero-order chi connectivity index (χ0) is 16.7. The van der Waals surface area contributed by atoms with Crippen LogP contribution < -0.4 is 15.4 Å². The van der Waals surface area contributed by atoms with E-state index in [-0.39, 0.29) is 18.4 Å². The number of rotatable bonds is 5. The summed E-state index contributed by atoms with van der Waals surface area (Å²) in [5.41, 5.74) is 1.36. The fourth-order valence-electron chi connectivity index (χ4n) is 1.90. The molecule has 6 heteroatoms. The van der Waals surface area contributed by atoms with E-state index >= 15 is 0 Å². The predicted octanol–water partition coefficient (Wildman–Crippen LogP) is 1.94. The first-order chi connectivity index (χ1) is 11.1. The Labute approximate surface area is 133 Å². The van der Waals surface area contributed by atoms with E-state index in [0.717, 1.165) is 0 Å². The third-order valence-electron chi connectivity index (χ3n) is 3.02. The summed E-state index contributed by atoms with van der Waals surface area (Å²) < 4.78 is 5.05. The molecule has 6 nitrogen and oxygen atoms in total. The van der Waals surface area contributed by atoms with Crippen LogP contribution in [0.15, 0.2) is 48.5 Å². The van der Waals surface area contributed by atoms with E-state index in [4.69, 9.17) is 10.00 Å². The lowest BCUT2D eigenvalue weighted by molar-refractivity contribution is -0.115. The van der Waals surface area contributed by atoms with E-state index in [1.54, 1.807) is 48.5 Å². The minimum Gasteiger partial charge on any atom is -0.497 e. The van der Waals surface area contributed by atoms with Crippen LogP contribution >= 0.6 is 0 Å². The van der Waals surface area contributed by atoms with Gasteiger partial charge in [0.2, 0.25) is 5.91 Å². The third-order valence-corrected chi connectivity index (χ3v) is 3.02. The smallest absolute Gasteiger partial charge is 0.251 e. The number of amides is 2. The van der Waals surface area contributed by atoms with Gasteiger partial charge in [-0.2, -0.15) is 5.26 Å². The Kier molecular flexibility index (Phi) is 5.31. The third kappa shape index (κ3) is 4.58. The average Bonchev–Trinajstić information content (AvgIpc) is 2.59. The van der Waals surface area contributed by atoms with Crippen molar-refractivity contribution in [3.8, 4) is 11.8 Å². The molecule has 0 bridgehead atoms. The molecule has 0 radical (unpaired) electrons. The Morgan fingerprint density at radius 3 is 2.70 bits per heavy atom. The molecule has 0 spiro atoms. The monoisotopic (exact) mass is 309 g/mol. The molecule has 0 aliphatic heterocycles. The Morgan fingerprint density at radius 1 is 1.17 bits per heavy atom. The maximum Gasteiger partial charge on any atom is 0.251 e. The summed E-state index contributed by atoms with van der Waals surface area (Å²) in [5.74, 6) is -0.184. The molecule has 0 unspecified atom stereocenters. The fourth-order valence-corrected chi connectivity index (χ4v) is 1.90. The van der Waals surface area contributed by atoms with Crippen LogP contribution in [-0.4, -0.2) is 25.5 Å². The maximum absolute atomic E-state index is 12.0. The first-order valence-corrected chi connectivity index (χ1v) is 6.84. The van der Waals surface area contributed by atoms with Crippen molar-refractivity contribution in [3.05, 3.63) is 59.7 Å². The minimum absolute atomic E-state index is 0.174. The van der Waals surface area contributed by atoms with Gasteiger partial charge < -0.3 is 15.4 Å². The van der Waals surface area contributed by atoms with E-state index in [0.29, 0.717) is 22.6 Å². The summed E-state index contributed by atoms with van der Waals surface area (Å²) in [7, 11) is 1.51. The Balaban J connectivity index is 1.90. The quantitative estimate of drug-likeness (QED) is 0.883. The second kappa shape index (κ2) is 7.61. The number of nitrogens with zero attached hydrogens (tertiary/aromatic N) is 1. The zero-order valence-electron chi connectivity index (χ0n) is 12.5. The van der Waals surface area contributed by atoms with Gasteiger partial charge in [-0.05, 0) is 36.4 Å². The highest BCUT2D eigenvalue weighted by atomic mass is 16.5. The molecule has 0 aromatic heterocycles. The second-order valence-corrected chi connectivity index (χ2v) is 4.66. The molecule has 2 aromatic rings. The molecule has 0 fully saturated rings. The van der Waals surface area contributed by atoms with Crippen LogP contribution in [0.5, 0.6) is 5.75 Å². The highest BCUT2D eigenvalue weighted by Crippen LogP contribution is 2.12. The molecule has 0 atom stereocenters. The summed E-state index contributed by atoms with van der Waals surface area (Å²) >= 11 is 0. The van der Waals surface area contributed by atoms with Crippen LogP contribution in [0, 0.1) is 11.3 Å². The summed E-state index contributed by atoms with van der Waals surface area (Å²) in [4.78, 5) is 23.8. The lowest BCUT2D eigenvalue weighted by Crippen LogP contribution is -2.32. The lowest BCUT2D eigenvalue weighted by Gasteiger charge is -2.08. The Hall–Kier alpha value is -3.33. The molecule has 0 aliphatic rings. The van der Waals surface area contributed by atoms with Crippen molar-refractivity contribution in [1.29, 1.82) is 5.26 Å². The van der Waals surface area contributed by atoms with Gasteiger partial charge in [0.05, 0.1) is 25.3 Å². The number of nitrogens with one attached hydrogen (secondary N) is 2. The standard InChI is InChI=1S/C17H15N3O3/c1-23-15-7-3-5-13(9-15)17(22)19-11-16(21)20-14-6-2-4-12(8-14)10-18/h2-9H,11H2,1H3,(H,19,22)(H,20,21). The van der Waals surface area contributed by atoms with Crippen LogP contribution in [0.1, 0.15) is 15.9 Å². The summed E-state index contributed by atoms with van der Waals surface area (Å²) in [6, 6.07) is 15.2. The summed E-state index contributed by atoms with van der Waals surface area (Å²) in [6.45, 7) is -0.174. The molecule has 2 aromatic carbocycles. The van der Waals surface area contributed by atoms with Gasteiger partial charge in [-0.3, -0.25) is 9.59 Å². The first-order valence-electron chi connectivity index (χ1n) is 6.84. The molecule has 23 heavy (non-hydrogen) atoms. The highest BCUT2D eigenvalue weighted by molar-refractivity contribution is 5.99. The van der Waals surface area contributed by atoms with Crippen molar-refractivity contribution in [1.82, 2.24) is 5.32 Å². The second-order valence-electron chi connectivity index (χ2n) is 4.66. The Bertz CT molecular complexity index is 766. The van der Waals surface area contributed by atoms with E-state index in [2.05, 4.69) is 10.6 Å². The SMILES string of the molecule is COc1cccc(C(=O)NCC(=O)Nc2cccc(C#N)c2)c1. The number of nitriles is 1.